The molecule has 1 aromatic heterocycles. The first kappa shape index (κ1) is 12.5. The maximum atomic E-state index is 13.7. The summed E-state index contributed by atoms with van der Waals surface area (Å²) in [5, 5.41) is 3.07. The summed E-state index contributed by atoms with van der Waals surface area (Å²) in [6.07, 6.45) is 2.19. The molecule has 2 aromatic rings. The van der Waals surface area contributed by atoms with Crippen molar-refractivity contribution in [2.75, 3.05) is 5.32 Å². The van der Waals surface area contributed by atoms with Crippen LogP contribution in [0.4, 0.5) is 10.2 Å². The van der Waals surface area contributed by atoms with E-state index in [4.69, 9.17) is 0 Å². The second-order valence-electron chi connectivity index (χ2n) is 4.36. The molecular formula is C14H16FN3. The third-order valence-corrected chi connectivity index (χ3v) is 2.73. The lowest BCUT2D eigenvalue weighted by molar-refractivity contribution is 0.600. The van der Waals surface area contributed by atoms with Crippen molar-refractivity contribution in [2.45, 2.75) is 26.3 Å². The van der Waals surface area contributed by atoms with Crippen molar-refractivity contribution in [3.63, 3.8) is 0 Å². The molecular weight excluding hydrogens is 229 g/mol. The molecule has 1 unspecified atom stereocenters. The number of benzene rings is 1. The van der Waals surface area contributed by atoms with Gasteiger partial charge in [0.15, 0.2) is 11.6 Å². The average Bonchev–Trinajstić information content (AvgIpc) is 2.36. The number of hydrogen-bond acceptors (Lipinski definition) is 3. The number of aryl methyl sites for hydroxylation is 1. The minimum absolute atomic E-state index is 0.108. The Balaban J connectivity index is 2.03. The van der Waals surface area contributed by atoms with Crippen LogP contribution in [-0.4, -0.2) is 16.0 Å². The quantitative estimate of drug-likeness (QED) is 0.899. The number of nitrogens with zero attached hydrogens (tertiary/aromatic N) is 2. The summed E-state index contributed by atoms with van der Waals surface area (Å²) in [6, 6.07) is 10.2. The minimum atomic E-state index is -0.377. The Morgan fingerprint density at radius 2 is 1.94 bits per heavy atom. The van der Waals surface area contributed by atoms with Crippen LogP contribution in [0, 0.1) is 12.7 Å². The Hall–Kier alpha value is -1.97. The van der Waals surface area contributed by atoms with Crippen molar-refractivity contribution in [3.8, 4) is 0 Å². The van der Waals surface area contributed by atoms with Gasteiger partial charge in [-0.2, -0.15) is 0 Å². The molecule has 1 atom stereocenters. The molecule has 0 amide bonds. The summed E-state index contributed by atoms with van der Waals surface area (Å²) in [4.78, 5) is 7.73. The zero-order valence-corrected chi connectivity index (χ0v) is 10.5. The number of aromatic nitrogens is 2. The van der Waals surface area contributed by atoms with Crippen LogP contribution in [0.1, 0.15) is 18.2 Å². The van der Waals surface area contributed by atoms with E-state index in [1.54, 1.807) is 6.92 Å². The van der Waals surface area contributed by atoms with Gasteiger partial charge in [0.2, 0.25) is 0 Å². The third kappa shape index (κ3) is 3.03. The maximum absolute atomic E-state index is 13.7. The fourth-order valence-corrected chi connectivity index (χ4v) is 1.81. The van der Waals surface area contributed by atoms with Crippen LogP contribution in [-0.2, 0) is 6.42 Å². The normalized spacial score (nSPS) is 12.2. The monoisotopic (exact) mass is 245 g/mol. The molecule has 1 heterocycles. The molecule has 4 heteroatoms. The summed E-state index contributed by atoms with van der Waals surface area (Å²) in [5.41, 5.74) is 1.57. The molecule has 0 fully saturated rings. The fourth-order valence-electron chi connectivity index (χ4n) is 1.81. The van der Waals surface area contributed by atoms with Gasteiger partial charge in [0.05, 0.1) is 5.69 Å². The summed E-state index contributed by atoms with van der Waals surface area (Å²) in [7, 11) is 0. The fraction of sp³-hybridized carbons (Fsp3) is 0.286. The lowest BCUT2D eigenvalue weighted by atomic mass is 10.1. The summed E-state index contributed by atoms with van der Waals surface area (Å²) < 4.78 is 13.7. The average molecular weight is 245 g/mol. The summed E-state index contributed by atoms with van der Waals surface area (Å²) in [5.74, 6) is -0.108. The van der Waals surface area contributed by atoms with Crippen LogP contribution in [0.25, 0.3) is 0 Å². The van der Waals surface area contributed by atoms with Crippen molar-refractivity contribution >= 4 is 5.82 Å². The van der Waals surface area contributed by atoms with Gasteiger partial charge in [-0.1, -0.05) is 30.3 Å². The van der Waals surface area contributed by atoms with Gasteiger partial charge in [-0.05, 0) is 25.8 Å². The topological polar surface area (TPSA) is 37.8 Å². The first-order valence-electron chi connectivity index (χ1n) is 5.94. The van der Waals surface area contributed by atoms with Gasteiger partial charge < -0.3 is 5.32 Å². The molecule has 0 spiro atoms. The number of nitrogens with one attached hydrogen (secondary N) is 1. The van der Waals surface area contributed by atoms with Crippen LogP contribution in [0.5, 0.6) is 0 Å². The number of anilines is 1. The highest BCUT2D eigenvalue weighted by Gasteiger charge is 2.10. The van der Waals surface area contributed by atoms with E-state index in [-0.39, 0.29) is 17.7 Å². The van der Waals surface area contributed by atoms with Gasteiger partial charge in [0.25, 0.3) is 0 Å². The Bertz CT molecular complexity index is 514. The highest BCUT2D eigenvalue weighted by molar-refractivity contribution is 5.38. The van der Waals surface area contributed by atoms with Gasteiger partial charge in [-0.15, -0.1) is 0 Å². The Kier molecular flexibility index (Phi) is 3.87. The molecule has 94 valence electrons. The lowest BCUT2D eigenvalue weighted by Gasteiger charge is -2.15. The zero-order valence-electron chi connectivity index (χ0n) is 10.5. The van der Waals surface area contributed by atoms with Crippen LogP contribution in [0.2, 0.25) is 0 Å². The van der Waals surface area contributed by atoms with E-state index in [9.17, 15) is 4.39 Å². The number of halogens is 1. The lowest BCUT2D eigenvalue weighted by Crippen LogP contribution is -2.20. The third-order valence-electron chi connectivity index (χ3n) is 2.73. The highest BCUT2D eigenvalue weighted by atomic mass is 19.1. The molecule has 0 saturated carbocycles. The molecule has 3 nitrogen and oxygen atoms in total. The van der Waals surface area contributed by atoms with Crippen LogP contribution in [0.15, 0.2) is 36.7 Å². The van der Waals surface area contributed by atoms with E-state index in [1.165, 1.54) is 11.9 Å². The van der Waals surface area contributed by atoms with Gasteiger partial charge >= 0.3 is 0 Å². The highest BCUT2D eigenvalue weighted by Crippen LogP contribution is 2.14. The van der Waals surface area contributed by atoms with Crippen molar-refractivity contribution < 1.29 is 4.39 Å². The van der Waals surface area contributed by atoms with Gasteiger partial charge in [0.1, 0.15) is 6.33 Å². The van der Waals surface area contributed by atoms with Crippen molar-refractivity contribution in [1.82, 2.24) is 9.97 Å². The SMILES string of the molecule is Cc1ncnc(NC(C)Cc2ccccc2)c1F. The second-order valence-corrected chi connectivity index (χ2v) is 4.36. The van der Waals surface area contributed by atoms with E-state index in [0.29, 0.717) is 5.69 Å². The molecule has 0 aliphatic rings. The van der Waals surface area contributed by atoms with Crippen molar-refractivity contribution in [1.29, 1.82) is 0 Å². The van der Waals surface area contributed by atoms with E-state index in [0.717, 1.165) is 6.42 Å². The van der Waals surface area contributed by atoms with E-state index >= 15 is 0 Å². The first-order chi connectivity index (χ1) is 8.66. The maximum Gasteiger partial charge on any atom is 0.186 e. The Morgan fingerprint density at radius 3 is 2.67 bits per heavy atom. The Morgan fingerprint density at radius 1 is 1.22 bits per heavy atom. The summed E-state index contributed by atoms with van der Waals surface area (Å²) >= 11 is 0. The van der Waals surface area contributed by atoms with Crippen LogP contribution in [0.3, 0.4) is 0 Å². The van der Waals surface area contributed by atoms with Gasteiger partial charge in [-0.3, -0.25) is 0 Å². The largest absolute Gasteiger partial charge is 0.365 e. The predicted molar refractivity (Wildman–Crippen MR) is 70.0 cm³/mol. The van der Waals surface area contributed by atoms with Gasteiger partial charge in [-0.25, -0.2) is 14.4 Å². The van der Waals surface area contributed by atoms with Crippen LogP contribution >= 0.6 is 0 Å². The standard InChI is InChI=1S/C14H16FN3/c1-10(8-12-6-4-3-5-7-12)18-14-13(15)11(2)16-9-17-14/h3-7,9-10H,8H2,1-2H3,(H,16,17,18). The molecule has 0 aliphatic heterocycles. The second kappa shape index (κ2) is 5.58. The first-order valence-corrected chi connectivity index (χ1v) is 5.94. The Labute approximate surface area is 106 Å². The minimum Gasteiger partial charge on any atom is -0.365 e. The predicted octanol–water partition coefficient (Wildman–Crippen LogP) is 2.97. The molecule has 0 radical (unpaired) electrons. The molecule has 2 rings (SSSR count). The number of rotatable bonds is 4. The zero-order chi connectivity index (χ0) is 13.0. The van der Waals surface area contributed by atoms with E-state index in [1.807, 2.05) is 25.1 Å². The molecule has 0 bridgehead atoms. The van der Waals surface area contributed by atoms with Crippen molar-refractivity contribution in [2.24, 2.45) is 0 Å². The van der Waals surface area contributed by atoms with Gasteiger partial charge in [0, 0.05) is 6.04 Å². The molecule has 1 N–H and O–H groups in total. The van der Waals surface area contributed by atoms with Crippen molar-refractivity contribution in [3.05, 3.63) is 53.7 Å². The van der Waals surface area contributed by atoms with E-state index < -0.39 is 0 Å². The molecule has 1 aromatic carbocycles. The van der Waals surface area contributed by atoms with Crippen LogP contribution < -0.4 is 5.32 Å². The summed E-state index contributed by atoms with van der Waals surface area (Å²) in [6.45, 7) is 3.63. The molecule has 0 aliphatic carbocycles. The molecule has 18 heavy (non-hydrogen) atoms. The van der Waals surface area contributed by atoms with E-state index in [2.05, 4.69) is 27.4 Å². The number of hydrogen-bond donors (Lipinski definition) is 1. The molecule has 0 saturated heterocycles. The smallest absolute Gasteiger partial charge is 0.186 e.